The number of hydrogen-bond donors (Lipinski definition) is 4. The molecule has 6 N–H and O–H groups in total. The predicted octanol–water partition coefficient (Wildman–Crippen LogP) is 5.45. The van der Waals surface area contributed by atoms with Gasteiger partial charge in [0.05, 0.1) is 11.1 Å². The lowest BCUT2D eigenvalue weighted by Crippen LogP contribution is -2.41. The van der Waals surface area contributed by atoms with E-state index in [-0.39, 0.29) is 35.7 Å². The zero-order valence-corrected chi connectivity index (χ0v) is 30.6. The van der Waals surface area contributed by atoms with E-state index in [1.165, 1.54) is 30.3 Å². The molecule has 282 valence electrons. The first-order valence-corrected chi connectivity index (χ1v) is 18.5. The van der Waals surface area contributed by atoms with Crippen molar-refractivity contribution in [3.05, 3.63) is 86.8 Å². The van der Waals surface area contributed by atoms with Gasteiger partial charge in [0.2, 0.25) is 0 Å². The Bertz CT molecular complexity index is 2270. The van der Waals surface area contributed by atoms with E-state index in [1.807, 2.05) is 30.4 Å². The molecule has 0 spiro atoms. The summed E-state index contributed by atoms with van der Waals surface area (Å²) < 4.78 is 80.1. The van der Waals surface area contributed by atoms with Crippen molar-refractivity contribution in [3.8, 4) is 0 Å². The summed E-state index contributed by atoms with van der Waals surface area (Å²) in [6, 6.07) is 9.41. The fourth-order valence-corrected chi connectivity index (χ4v) is 7.44. The number of amides is 2. The molecule has 1 saturated heterocycles. The van der Waals surface area contributed by atoms with Crippen LogP contribution in [0.15, 0.2) is 58.6 Å². The number of carbonyl (C=O) groups excluding carboxylic acids is 2. The summed E-state index contributed by atoms with van der Waals surface area (Å²) in [5.74, 6) is -3.81. The van der Waals surface area contributed by atoms with E-state index < -0.39 is 74.6 Å². The highest BCUT2D eigenvalue weighted by Gasteiger charge is 2.39. The van der Waals surface area contributed by atoms with E-state index >= 15 is 0 Å². The second kappa shape index (κ2) is 15.0. The maximum Gasteiger partial charge on any atom is 0.281 e. The molecule has 15 nitrogen and oxygen atoms in total. The van der Waals surface area contributed by atoms with Gasteiger partial charge < -0.3 is 16.4 Å². The number of nitrogens with zero attached hydrogens (tertiary/aromatic N) is 5. The molecule has 0 aliphatic carbocycles. The molecule has 1 atom stereocenters. The summed E-state index contributed by atoms with van der Waals surface area (Å²) in [6.07, 6.45) is 0.816. The smallest absolute Gasteiger partial charge is 0.281 e. The molecule has 2 amide bonds. The Morgan fingerprint density at radius 1 is 0.804 bits per heavy atom. The van der Waals surface area contributed by atoms with Crippen LogP contribution in [0.3, 0.4) is 0 Å². The largest absolute Gasteiger partial charge is 0.384 e. The summed E-state index contributed by atoms with van der Waals surface area (Å²) in [7, 11) is -8.63. The summed E-state index contributed by atoms with van der Waals surface area (Å²) in [4.78, 5) is 41.3. The number of nitrogen functional groups attached to an aromatic ring is 2. The molecule has 4 aromatic rings. The van der Waals surface area contributed by atoms with Gasteiger partial charge in [0.25, 0.3) is 31.9 Å². The van der Waals surface area contributed by atoms with Gasteiger partial charge in [-0.3, -0.25) is 9.59 Å². The minimum Gasteiger partial charge on any atom is -0.384 e. The lowest BCUT2D eigenvalue weighted by atomic mass is 9.97. The van der Waals surface area contributed by atoms with E-state index in [2.05, 4.69) is 19.9 Å². The molecular formula is C29H38Cl3F2N9O6S2. The summed E-state index contributed by atoms with van der Waals surface area (Å²) >= 11 is 16.9. The van der Waals surface area contributed by atoms with Crippen molar-refractivity contribution in [2.24, 2.45) is 5.92 Å². The molecule has 1 aliphatic rings. The van der Waals surface area contributed by atoms with Crippen LogP contribution in [0.4, 0.5) is 26.2 Å². The minimum atomic E-state index is -4.33. The monoisotopic (exact) mass is 815 g/mol. The minimum absolute atomic E-state index is 0. The van der Waals surface area contributed by atoms with Gasteiger partial charge in [-0.1, -0.05) is 53.9 Å². The molecular weight excluding hydrogens is 779 g/mol. The second-order valence-electron chi connectivity index (χ2n) is 11.6. The second-order valence-corrected chi connectivity index (χ2v) is 16.0. The van der Waals surface area contributed by atoms with Gasteiger partial charge in [-0.25, -0.2) is 38.2 Å². The highest BCUT2D eigenvalue weighted by molar-refractivity contribution is 7.90. The Hall–Kier alpha value is -4.43. The van der Waals surface area contributed by atoms with Gasteiger partial charge in [0.1, 0.15) is 22.6 Å². The Labute approximate surface area is 313 Å². The van der Waals surface area contributed by atoms with E-state index in [0.29, 0.717) is 18.5 Å². The van der Waals surface area contributed by atoms with Crippen LogP contribution >= 0.6 is 34.8 Å². The Morgan fingerprint density at radius 2 is 1.25 bits per heavy atom. The van der Waals surface area contributed by atoms with Crippen LogP contribution in [0.2, 0.25) is 15.5 Å². The average molecular weight is 817 g/mol. The number of hydrogen-bond acceptors (Lipinski definition) is 13. The standard InChI is InChI=1S/C18H21ClFN5O3S.C11H7Cl2FN4O3S.5H2/c1-10-8-18(2,3)25(9-10)16-11(7-12(20)15(19)23-16)17(26)24-29(27,28)14-6-4-5-13(21)22-14;12-9-5(4-6(14)10(13)17-9)11(19)18-22(20,21)8-3-1-2-7(15)16-8;;;;;/h4-7,10H,8-9H2,1-3H3,(H2,21,22)(H,24,26);1-4H,(H2,15,16)(H,18,19);5*1H. The molecule has 1 aliphatic heterocycles. The third kappa shape index (κ3) is 9.28. The Morgan fingerprint density at radius 3 is 1.71 bits per heavy atom. The fourth-order valence-electron chi connectivity index (χ4n) is 5.01. The van der Waals surface area contributed by atoms with Gasteiger partial charge in [0.15, 0.2) is 32.0 Å². The molecule has 1 fully saturated rings. The first kappa shape index (κ1) is 39.4. The van der Waals surface area contributed by atoms with Crippen molar-refractivity contribution in [1.29, 1.82) is 0 Å². The predicted molar refractivity (Wildman–Crippen MR) is 196 cm³/mol. The molecule has 1 unspecified atom stereocenters. The number of pyridine rings is 4. The van der Waals surface area contributed by atoms with Crippen LogP contribution in [-0.2, 0) is 20.0 Å². The Kier molecular flexibility index (Phi) is 11.6. The van der Waals surface area contributed by atoms with Gasteiger partial charge >= 0.3 is 0 Å². The van der Waals surface area contributed by atoms with Crippen LogP contribution in [0.5, 0.6) is 0 Å². The number of halogens is 5. The summed E-state index contributed by atoms with van der Waals surface area (Å²) in [5, 5.41) is -2.28. The number of aromatic nitrogens is 4. The van der Waals surface area contributed by atoms with Crippen molar-refractivity contribution in [1.82, 2.24) is 29.4 Å². The number of sulfonamides is 2. The number of nitrogens with two attached hydrogens (primary N) is 2. The van der Waals surface area contributed by atoms with E-state index in [0.717, 1.165) is 18.6 Å². The number of anilines is 3. The Balaban J connectivity index is 0. The lowest BCUT2D eigenvalue weighted by molar-refractivity contribution is 0.0971. The average Bonchev–Trinajstić information content (AvgIpc) is 3.31. The normalized spacial score (nSPS) is 15.5. The van der Waals surface area contributed by atoms with Gasteiger partial charge in [-0.2, -0.15) is 16.8 Å². The van der Waals surface area contributed by atoms with Crippen molar-refractivity contribution in [2.75, 3.05) is 22.9 Å². The third-order valence-corrected chi connectivity index (χ3v) is 10.4. The molecule has 51 heavy (non-hydrogen) atoms. The molecule has 5 rings (SSSR count). The van der Waals surface area contributed by atoms with Crippen LogP contribution in [0.1, 0.15) is 55.0 Å². The molecule has 5 heterocycles. The molecule has 22 heteroatoms. The van der Waals surface area contributed by atoms with Gasteiger partial charge in [-0.05, 0) is 62.6 Å². The van der Waals surface area contributed by atoms with Crippen molar-refractivity contribution in [3.63, 3.8) is 0 Å². The van der Waals surface area contributed by atoms with Crippen molar-refractivity contribution >= 4 is 84.1 Å². The zero-order valence-electron chi connectivity index (χ0n) is 26.7. The zero-order chi connectivity index (χ0) is 38.1. The summed E-state index contributed by atoms with van der Waals surface area (Å²) in [6.45, 7) is 6.53. The van der Waals surface area contributed by atoms with E-state index in [9.17, 15) is 35.2 Å². The first-order valence-electron chi connectivity index (χ1n) is 14.4. The molecule has 4 aromatic heterocycles. The quantitative estimate of drug-likeness (QED) is 0.170. The lowest BCUT2D eigenvalue weighted by Gasteiger charge is -2.33. The summed E-state index contributed by atoms with van der Waals surface area (Å²) in [5.41, 5.74) is 9.79. The van der Waals surface area contributed by atoms with Crippen LogP contribution in [0, 0.1) is 17.6 Å². The maximum atomic E-state index is 14.1. The van der Waals surface area contributed by atoms with Gasteiger partial charge in [-0.15, -0.1) is 0 Å². The van der Waals surface area contributed by atoms with Crippen LogP contribution in [0.25, 0.3) is 0 Å². The highest BCUT2D eigenvalue weighted by atomic mass is 35.5. The SMILES string of the molecule is CC1CN(c2nc(Cl)c(F)cc2C(=O)NS(=O)(=O)c2cccc(N)n2)C(C)(C)C1.Nc1cccc(S(=O)(=O)NC(=O)c2cc(F)c(Cl)nc2Cl)n1.[HH].[HH].[HH].[HH].[HH]. The van der Waals surface area contributed by atoms with Crippen LogP contribution < -0.4 is 25.8 Å². The fraction of sp³-hybridized carbons (Fsp3) is 0.241. The number of nitrogens with one attached hydrogen (secondary N) is 2. The van der Waals surface area contributed by atoms with E-state index in [4.69, 9.17) is 46.3 Å². The van der Waals surface area contributed by atoms with E-state index in [1.54, 1.807) is 4.72 Å². The topological polar surface area (TPSA) is 233 Å². The van der Waals surface area contributed by atoms with Crippen LogP contribution in [-0.4, -0.2) is 60.7 Å². The molecule has 0 bridgehead atoms. The third-order valence-electron chi connectivity index (χ3n) is 7.11. The van der Waals surface area contributed by atoms with Crippen molar-refractivity contribution in [2.45, 2.75) is 42.8 Å². The highest BCUT2D eigenvalue weighted by Crippen LogP contribution is 2.38. The maximum absolute atomic E-state index is 14.1. The molecule has 0 saturated carbocycles. The first-order chi connectivity index (χ1) is 23.6. The number of rotatable bonds is 7. The molecule has 0 radical (unpaired) electrons. The van der Waals surface area contributed by atoms with Gasteiger partial charge in [0, 0.05) is 19.2 Å². The van der Waals surface area contributed by atoms with Crippen molar-refractivity contribution < 1.29 is 42.3 Å². The number of carbonyl (C=O) groups is 2. The molecule has 0 aromatic carbocycles.